The molecule has 0 bridgehead atoms. The first kappa shape index (κ1) is 20.1. The molecule has 0 aliphatic rings. The monoisotopic (exact) mass is 431 g/mol. The maximum atomic E-state index is 13.7. The second kappa shape index (κ2) is 7.78. The Morgan fingerprint density at radius 1 is 1.21 bits per heavy atom. The van der Waals surface area contributed by atoms with Crippen molar-refractivity contribution in [1.82, 2.24) is 15.0 Å². The number of anilines is 1. The molecular weight excluding hydrogens is 422 g/mol. The van der Waals surface area contributed by atoms with Gasteiger partial charge in [-0.1, -0.05) is 22.9 Å². The smallest absolute Gasteiger partial charge is 0.326 e. The maximum Gasteiger partial charge on any atom is 0.416 e. The summed E-state index contributed by atoms with van der Waals surface area (Å²) in [5, 5.41) is 2.62. The predicted molar refractivity (Wildman–Crippen MR) is 95.4 cm³/mol. The number of rotatable bonds is 4. The Balaban J connectivity index is 1.94. The van der Waals surface area contributed by atoms with E-state index in [1.54, 1.807) is 0 Å². The molecular formula is C16H10ClF4N5OS. The van der Waals surface area contributed by atoms with Crippen LogP contribution in [0.2, 0.25) is 5.15 Å². The number of alkyl halides is 3. The highest BCUT2D eigenvalue weighted by Crippen LogP contribution is 2.36. The van der Waals surface area contributed by atoms with Gasteiger partial charge in [0.1, 0.15) is 16.7 Å². The van der Waals surface area contributed by atoms with Crippen LogP contribution in [0.1, 0.15) is 20.9 Å². The molecule has 0 aliphatic heterocycles. The zero-order valence-electron chi connectivity index (χ0n) is 13.7. The van der Waals surface area contributed by atoms with E-state index in [1.807, 2.05) is 0 Å². The van der Waals surface area contributed by atoms with Gasteiger partial charge >= 0.3 is 6.18 Å². The minimum Gasteiger partial charge on any atom is -0.326 e. The van der Waals surface area contributed by atoms with E-state index in [4.69, 9.17) is 17.3 Å². The Hall–Kier alpha value is -2.63. The normalized spacial score (nSPS) is 11.5. The van der Waals surface area contributed by atoms with E-state index in [9.17, 15) is 22.4 Å². The molecule has 3 rings (SSSR count). The number of thiazole rings is 1. The van der Waals surface area contributed by atoms with Crippen LogP contribution in [-0.4, -0.2) is 20.9 Å². The van der Waals surface area contributed by atoms with Crippen molar-refractivity contribution in [3.8, 4) is 11.3 Å². The number of hydrogen-bond donors (Lipinski definition) is 2. The number of nitrogens with zero attached hydrogens (tertiary/aromatic N) is 3. The van der Waals surface area contributed by atoms with Crippen molar-refractivity contribution in [3.63, 3.8) is 0 Å². The molecule has 12 heteroatoms. The fraction of sp³-hybridized carbons (Fsp3) is 0.125. The zero-order valence-corrected chi connectivity index (χ0v) is 15.3. The van der Waals surface area contributed by atoms with E-state index in [1.165, 1.54) is 6.20 Å². The highest BCUT2D eigenvalue weighted by molar-refractivity contribution is 7.16. The Morgan fingerprint density at radius 2 is 1.96 bits per heavy atom. The highest BCUT2D eigenvalue weighted by Gasteiger charge is 2.32. The lowest BCUT2D eigenvalue weighted by Gasteiger charge is -2.09. The quantitative estimate of drug-likeness (QED) is 0.606. The average Bonchev–Trinajstić information content (AvgIpc) is 3.04. The number of amides is 1. The number of nitrogens with two attached hydrogens (primary N) is 1. The second-order valence-corrected chi connectivity index (χ2v) is 6.87. The fourth-order valence-corrected chi connectivity index (χ4v) is 3.20. The van der Waals surface area contributed by atoms with Gasteiger partial charge in [-0.15, -0.1) is 0 Å². The Bertz CT molecular complexity index is 1020. The first-order valence-corrected chi connectivity index (χ1v) is 8.73. The maximum absolute atomic E-state index is 13.7. The topological polar surface area (TPSA) is 93.8 Å². The molecule has 0 saturated carbocycles. The minimum absolute atomic E-state index is 0.0411. The number of carbonyl (C=O) groups is 1. The van der Waals surface area contributed by atoms with Crippen LogP contribution < -0.4 is 11.1 Å². The molecule has 0 fully saturated rings. The van der Waals surface area contributed by atoms with Gasteiger partial charge < -0.3 is 5.73 Å². The van der Waals surface area contributed by atoms with E-state index in [0.29, 0.717) is 10.9 Å². The molecule has 0 radical (unpaired) electrons. The largest absolute Gasteiger partial charge is 0.416 e. The first-order valence-electron chi connectivity index (χ1n) is 7.54. The molecule has 146 valence electrons. The van der Waals surface area contributed by atoms with Gasteiger partial charge in [0.2, 0.25) is 0 Å². The van der Waals surface area contributed by atoms with Crippen LogP contribution in [0.15, 0.2) is 30.6 Å². The van der Waals surface area contributed by atoms with Gasteiger partial charge in [-0.05, 0) is 18.2 Å². The number of hydrogen-bond acceptors (Lipinski definition) is 6. The Morgan fingerprint density at radius 3 is 2.57 bits per heavy atom. The summed E-state index contributed by atoms with van der Waals surface area (Å²) >= 11 is 6.56. The number of carbonyl (C=O) groups excluding carboxylic acids is 1. The summed E-state index contributed by atoms with van der Waals surface area (Å²) in [6, 6.07) is 2.08. The molecule has 3 N–H and O–H groups in total. The molecule has 28 heavy (non-hydrogen) atoms. The number of aromatic nitrogens is 3. The SMILES string of the molecule is NCc1sc(NC(=O)c2cnc(Cl)cn2)nc1-c1cc(F)cc(C(F)(F)F)c1. The molecule has 2 heterocycles. The third kappa shape index (κ3) is 4.43. The molecule has 1 amide bonds. The van der Waals surface area contributed by atoms with E-state index < -0.39 is 23.5 Å². The van der Waals surface area contributed by atoms with Crippen molar-refractivity contribution in [3.05, 3.63) is 57.7 Å². The van der Waals surface area contributed by atoms with Gasteiger partial charge in [0, 0.05) is 17.0 Å². The molecule has 0 atom stereocenters. The summed E-state index contributed by atoms with van der Waals surface area (Å²) in [5.41, 5.74) is 4.38. The van der Waals surface area contributed by atoms with Gasteiger partial charge in [-0.3, -0.25) is 10.1 Å². The van der Waals surface area contributed by atoms with Crippen LogP contribution in [0.3, 0.4) is 0 Å². The zero-order chi connectivity index (χ0) is 20.5. The van der Waals surface area contributed by atoms with Gasteiger partial charge in [-0.25, -0.2) is 19.3 Å². The summed E-state index contributed by atoms with van der Waals surface area (Å²) in [4.78, 5) is 24.2. The van der Waals surface area contributed by atoms with Crippen molar-refractivity contribution in [2.75, 3.05) is 5.32 Å². The third-order valence-corrected chi connectivity index (χ3v) is 4.64. The van der Waals surface area contributed by atoms with Crippen molar-refractivity contribution in [1.29, 1.82) is 0 Å². The highest BCUT2D eigenvalue weighted by atomic mass is 35.5. The summed E-state index contributed by atoms with van der Waals surface area (Å²) in [7, 11) is 0. The fourth-order valence-electron chi connectivity index (χ4n) is 2.25. The first-order chi connectivity index (χ1) is 13.2. The number of halogens is 5. The van der Waals surface area contributed by atoms with Crippen LogP contribution in [0, 0.1) is 5.82 Å². The molecule has 1 aromatic carbocycles. The number of benzene rings is 1. The third-order valence-electron chi connectivity index (χ3n) is 3.45. The van der Waals surface area contributed by atoms with Crippen LogP contribution in [0.25, 0.3) is 11.3 Å². The van der Waals surface area contributed by atoms with Crippen LogP contribution >= 0.6 is 22.9 Å². The molecule has 0 saturated heterocycles. The molecule has 3 aromatic rings. The summed E-state index contributed by atoms with van der Waals surface area (Å²) in [6.45, 7) is -0.0680. The lowest BCUT2D eigenvalue weighted by Crippen LogP contribution is -2.13. The molecule has 0 aliphatic carbocycles. The van der Waals surface area contributed by atoms with Crippen molar-refractivity contribution < 1.29 is 22.4 Å². The summed E-state index contributed by atoms with van der Waals surface area (Å²) in [6.07, 6.45) is -2.39. The predicted octanol–water partition coefficient (Wildman–Crippen LogP) is 4.12. The lowest BCUT2D eigenvalue weighted by molar-refractivity contribution is -0.137. The Kier molecular flexibility index (Phi) is 5.59. The van der Waals surface area contributed by atoms with E-state index in [2.05, 4.69) is 20.3 Å². The number of nitrogens with one attached hydrogen (secondary N) is 1. The van der Waals surface area contributed by atoms with Gasteiger partial charge in [0.15, 0.2) is 5.13 Å². The summed E-state index contributed by atoms with van der Waals surface area (Å²) < 4.78 is 52.6. The second-order valence-electron chi connectivity index (χ2n) is 5.40. The molecule has 0 unspecified atom stereocenters. The van der Waals surface area contributed by atoms with Crippen molar-refractivity contribution in [2.45, 2.75) is 12.7 Å². The lowest BCUT2D eigenvalue weighted by atomic mass is 10.1. The molecule has 0 spiro atoms. The summed E-state index contributed by atoms with van der Waals surface area (Å²) in [5.74, 6) is -1.72. The van der Waals surface area contributed by atoms with Crippen LogP contribution in [-0.2, 0) is 12.7 Å². The van der Waals surface area contributed by atoms with Crippen molar-refractivity contribution >= 4 is 34.0 Å². The standard InChI is InChI=1S/C16H10ClF4N5OS/c17-12-6-23-10(5-24-12)14(27)26-15-25-13(11(4-22)28-15)7-1-8(16(19,20)21)3-9(18)2-7/h1-3,5-6H,4,22H2,(H,25,26,27). The van der Waals surface area contributed by atoms with Crippen LogP contribution in [0.5, 0.6) is 0 Å². The van der Waals surface area contributed by atoms with Crippen molar-refractivity contribution in [2.24, 2.45) is 5.73 Å². The van der Waals surface area contributed by atoms with E-state index >= 15 is 0 Å². The van der Waals surface area contributed by atoms with E-state index in [0.717, 1.165) is 29.7 Å². The van der Waals surface area contributed by atoms with Gasteiger partial charge in [0.25, 0.3) is 5.91 Å². The minimum atomic E-state index is -4.72. The molecule has 2 aromatic heterocycles. The average molecular weight is 432 g/mol. The van der Waals surface area contributed by atoms with Gasteiger partial charge in [-0.2, -0.15) is 13.2 Å². The molecule has 6 nitrogen and oxygen atoms in total. The van der Waals surface area contributed by atoms with Gasteiger partial charge in [0.05, 0.1) is 23.7 Å². The Labute approximate surface area is 164 Å². The van der Waals surface area contributed by atoms with Crippen LogP contribution in [0.4, 0.5) is 22.7 Å². The van der Waals surface area contributed by atoms with E-state index in [-0.39, 0.29) is 33.8 Å².